The summed E-state index contributed by atoms with van der Waals surface area (Å²) in [5, 5.41) is 9.36. The molecule has 0 spiro atoms. The second kappa shape index (κ2) is 5.18. The first kappa shape index (κ1) is 13.0. The molecule has 102 valence electrons. The highest BCUT2D eigenvalue weighted by Gasteiger charge is 2.15. The molecular formula is C12H9ClFN5S. The maximum Gasteiger partial charge on any atom is 0.185 e. The van der Waals surface area contributed by atoms with E-state index in [2.05, 4.69) is 20.2 Å². The molecule has 0 fully saturated rings. The number of hydrogen-bond acceptors (Lipinski definition) is 5. The number of benzene rings is 1. The second-order valence-electron chi connectivity index (χ2n) is 4.06. The van der Waals surface area contributed by atoms with Gasteiger partial charge in [0.05, 0.1) is 22.7 Å². The van der Waals surface area contributed by atoms with Gasteiger partial charge in [-0.15, -0.1) is 11.3 Å². The van der Waals surface area contributed by atoms with Crippen molar-refractivity contribution in [2.24, 2.45) is 0 Å². The molecule has 5 nitrogen and oxygen atoms in total. The Morgan fingerprint density at radius 1 is 1.35 bits per heavy atom. The lowest BCUT2D eigenvalue weighted by molar-refractivity contribution is 0.630. The number of H-pyrrole nitrogens is 1. The zero-order chi connectivity index (χ0) is 14.1. The molecule has 2 aromatic heterocycles. The van der Waals surface area contributed by atoms with Crippen LogP contribution in [-0.2, 0) is 6.42 Å². The van der Waals surface area contributed by atoms with E-state index in [1.165, 1.54) is 23.5 Å². The van der Waals surface area contributed by atoms with E-state index in [9.17, 15) is 4.39 Å². The van der Waals surface area contributed by atoms with Crippen molar-refractivity contribution in [3.63, 3.8) is 0 Å². The minimum Gasteiger partial charge on any atom is -0.375 e. The monoisotopic (exact) mass is 309 g/mol. The SMILES string of the molecule is Nc1nc(Cc2nc(-c3c(F)cccc3Cl)n[nH]2)cs1. The van der Waals surface area contributed by atoms with Crippen molar-refractivity contribution in [1.29, 1.82) is 0 Å². The first-order valence-electron chi connectivity index (χ1n) is 5.69. The Labute approximate surface area is 122 Å². The molecule has 3 N–H and O–H groups in total. The predicted octanol–water partition coefficient (Wildman–Crippen LogP) is 2.89. The molecule has 0 aliphatic heterocycles. The smallest absolute Gasteiger partial charge is 0.185 e. The van der Waals surface area contributed by atoms with Crippen molar-refractivity contribution in [2.45, 2.75) is 6.42 Å². The zero-order valence-electron chi connectivity index (χ0n) is 10.1. The highest BCUT2D eigenvalue weighted by Crippen LogP contribution is 2.28. The van der Waals surface area contributed by atoms with Crippen LogP contribution in [-0.4, -0.2) is 20.2 Å². The quantitative estimate of drug-likeness (QED) is 0.779. The fourth-order valence-electron chi connectivity index (χ4n) is 1.77. The van der Waals surface area contributed by atoms with E-state index in [4.69, 9.17) is 17.3 Å². The van der Waals surface area contributed by atoms with E-state index in [1.807, 2.05) is 5.38 Å². The predicted molar refractivity (Wildman–Crippen MR) is 76.1 cm³/mol. The lowest BCUT2D eigenvalue weighted by atomic mass is 10.2. The van der Waals surface area contributed by atoms with Crippen LogP contribution in [0.2, 0.25) is 5.02 Å². The fraction of sp³-hybridized carbons (Fsp3) is 0.0833. The van der Waals surface area contributed by atoms with Crippen molar-refractivity contribution in [3.8, 4) is 11.4 Å². The highest BCUT2D eigenvalue weighted by molar-refractivity contribution is 7.13. The first-order valence-corrected chi connectivity index (χ1v) is 6.95. The molecule has 0 aliphatic rings. The van der Waals surface area contributed by atoms with E-state index in [-0.39, 0.29) is 16.4 Å². The zero-order valence-corrected chi connectivity index (χ0v) is 11.7. The highest BCUT2D eigenvalue weighted by atomic mass is 35.5. The summed E-state index contributed by atoms with van der Waals surface area (Å²) in [7, 11) is 0. The average molecular weight is 310 g/mol. The minimum absolute atomic E-state index is 0.189. The van der Waals surface area contributed by atoms with Crippen LogP contribution in [0.25, 0.3) is 11.4 Å². The molecular weight excluding hydrogens is 301 g/mol. The summed E-state index contributed by atoms with van der Waals surface area (Å²) in [6, 6.07) is 4.45. The number of aromatic amines is 1. The Morgan fingerprint density at radius 3 is 2.90 bits per heavy atom. The van der Waals surface area contributed by atoms with Crippen molar-refractivity contribution in [2.75, 3.05) is 5.73 Å². The molecule has 3 rings (SSSR count). The van der Waals surface area contributed by atoms with Crippen LogP contribution in [0.3, 0.4) is 0 Å². The summed E-state index contributed by atoms with van der Waals surface area (Å²) in [5.41, 5.74) is 6.54. The van der Waals surface area contributed by atoms with Crippen LogP contribution >= 0.6 is 22.9 Å². The summed E-state index contributed by atoms with van der Waals surface area (Å²) < 4.78 is 13.8. The molecule has 0 bridgehead atoms. The van der Waals surface area contributed by atoms with Crippen molar-refractivity contribution >= 4 is 28.1 Å². The molecule has 0 radical (unpaired) electrons. The number of hydrogen-bond donors (Lipinski definition) is 2. The average Bonchev–Trinajstić information content (AvgIpc) is 3.00. The number of nitrogens with one attached hydrogen (secondary N) is 1. The Bertz CT molecular complexity index is 734. The van der Waals surface area contributed by atoms with E-state index in [0.29, 0.717) is 17.4 Å². The largest absolute Gasteiger partial charge is 0.375 e. The lowest BCUT2D eigenvalue weighted by Crippen LogP contribution is -1.92. The molecule has 3 aromatic rings. The van der Waals surface area contributed by atoms with Crippen LogP contribution in [0.15, 0.2) is 23.6 Å². The third kappa shape index (κ3) is 2.50. The Kier molecular flexibility index (Phi) is 3.37. The number of anilines is 1. The second-order valence-corrected chi connectivity index (χ2v) is 5.35. The van der Waals surface area contributed by atoms with Crippen LogP contribution in [0.1, 0.15) is 11.5 Å². The van der Waals surface area contributed by atoms with Gasteiger partial charge in [0.25, 0.3) is 0 Å². The number of halogens is 2. The van der Waals surface area contributed by atoms with Crippen molar-refractivity contribution < 1.29 is 4.39 Å². The number of aromatic nitrogens is 4. The molecule has 0 saturated carbocycles. The van der Waals surface area contributed by atoms with Gasteiger partial charge in [0, 0.05) is 5.38 Å². The standard InChI is InChI=1S/C12H9ClFN5S/c13-7-2-1-3-8(14)10(7)11-17-9(18-19-11)4-6-5-20-12(15)16-6/h1-3,5H,4H2,(H2,15,16)(H,17,18,19). The summed E-state index contributed by atoms with van der Waals surface area (Å²) in [4.78, 5) is 8.37. The van der Waals surface area contributed by atoms with Gasteiger partial charge >= 0.3 is 0 Å². The number of nitrogen functional groups attached to an aromatic ring is 1. The third-order valence-electron chi connectivity index (χ3n) is 2.64. The van der Waals surface area contributed by atoms with Gasteiger partial charge in [-0.05, 0) is 12.1 Å². The number of nitrogens with two attached hydrogens (primary N) is 1. The Hall–Kier alpha value is -1.99. The summed E-state index contributed by atoms with van der Waals surface area (Å²) >= 11 is 7.33. The first-order chi connectivity index (χ1) is 9.63. The van der Waals surface area contributed by atoms with E-state index < -0.39 is 5.82 Å². The van der Waals surface area contributed by atoms with E-state index >= 15 is 0 Å². The number of nitrogens with zero attached hydrogens (tertiary/aromatic N) is 3. The molecule has 0 atom stereocenters. The topological polar surface area (TPSA) is 80.5 Å². The minimum atomic E-state index is -0.457. The van der Waals surface area contributed by atoms with Crippen molar-refractivity contribution in [3.05, 3.63) is 45.9 Å². The van der Waals surface area contributed by atoms with Crippen LogP contribution in [0.5, 0.6) is 0 Å². The van der Waals surface area contributed by atoms with Gasteiger partial charge < -0.3 is 5.73 Å². The van der Waals surface area contributed by atoms with Gasteiger partial charge in [0.1, 0.15) is 11.6 Å². The molecule has 0 aliphatic carbocycles. The van der Waals surface area contributed by atoms with Crippen LogP contribution < -0.4 is 5.73 Å². The maximum absolute atomic E-state index is 13.8. The normalized spacial score (nSPS) is 10.9. The molecule has 0 saturated heterocycles. The molecule has 1 aromatic carbocycles. The van der Waals surface area contributed by atoms with Gasteiger partial charge in [0.15, 0.2) is 11.0 Å². The molecule has 8 heteroatoms. The van der Waals surface area contributed by atoms with Crippen molar-refractivity contribution in [1.82, 2.24) is 20.2 Å². The molecule has 2 heterocycles. The summed E-state index contributed by atoms with van der Waals surface area (Å²) in [6.45, 7) is 0. The Balaban J connectivity index is 1.90. The van der Waals surface area contributed by atoms with Gasteiger partial charge in [0.2, 0.25) is 0 Å². The van der Waals surface area contributed by atoms with E-state index in [0.717, 1.165) is 5.69 Å². The summed E-state index contributed by atoms with van der Waals surface area (Å²) in [5.74, 6) is 0.344. The fourth-order valence-corrected chi connectivity index (χ4v) is 2.58. The maximum atomic E-state index is 13.8. The van der Waals surface area contributed by atoms with Crippen LogP contribution in [0.4, 0.5) is 9.52 Å². The Morgan fingerprint density at radius 2 is 2.20 bits per heavy atom. The summed E-state index contributed by atoms with van der Waals surface area (Å²) in [6.07, 6.45) is 0.451. The van der Waals surface area contributed by atoms with Gasteiger partial charge in [-0.1, -0.05) is 17.7 Å². The number of thiazole rings is 1. The molecule has 20 heavy (non-hydrogen) atoms. The lowest BCUT2D eigenvalue weighted by Gasteiger charge is -1.99. The third-order valence-corrected chi connectivity index (χ3v) is 3.67. The van der Waals surface area contributed by atoms with E-state index in [1.54, 1.807) is 6.07 Å². The molecule has 0 unspecified atom stereocenters. The van der Waals surface area contributed by atoms with Crippen LogP contribution in [0, 0.1) is 5.82 Å². The molecule has 0 amide bonds. The van der Waals surface area contributed by atoms with Gasteiger partial charge in [-0.2, -0.15) is 5.10 Å². The number of rotatable bonds is 3. The van der Waals surface area contributed by atoms with Gasteiger partial charge in [-0.3, -0.25) is 5.10 Å². The van der Waals surface area contributed by atoms with Gasteiger partial charge in [-0.25, -0.2) is 14.4 Å².